The fourth-order valence-electron chi connectivity index (χ4n) is 6.63. The molecule has 10 nitrogen and oxygen atoms in total. The number of benzene rings is 2. The third kappa shape index (κ3) is 8.13. The molecule has 0 fully saturated rings. The zero-order valence-corrected chi connectivity index (χ0v) is 31.9. The maximum Gasteiger partial charge on any atom is 0.233 e. The topological polar surface area (TPSA) is 117 Å². The highest BCUT2D eigenvalue weighted by Crippen LogP contribution is 2.48. The van der Waals surface area contributed by atoms with Crippen molar-refractivity contribution in [1.29, 1.82) is 0 Å². The van der Waals surface area contributed by atoms with Crippen LogP contribution in [0.25, 0.3) is 32.5 Å². The van der Waals surface area contributed by atoms with Gasteiger partial charge in [0.05, 0.1) is 36.8 Å². The van der Waals surface area contributed by atoms with Crippen molar-refractivity contribution in [2.75, 3.05) is 46.2 Å². The highest BCUT2D eigenvalue weighted by molar-refractivity contribution is 7.17. The molecule has 2 aliphatic rings. The summed E-state index contributed by atoms with van der Waals surface area (Å²) in [7, 11) is 3.80. The normalized spacial score (nSPS) is 15.7. The molecule has 5 aromatic rings. The summed E-state index contributed by atoms with van der Waals surface area (Å²) in [5.41, 5.74) is 13.7. The number of aromatic nitrogens is 3. The van der Waals surface area contributed by atoms with Gasteiger partial charge in [0, 0.05) is 88.5 Å². The highest BCUT2D eigenvalue weighted by atomic mass is 32.1. The van der Waals surface area contributed by atoms with Crippen LogP contribution in [0.3, 0.4) is 0 Å². The van der Waals surface area contributed by atoms with E-state index in [4.69, 9.17) is 29.7 Å². The van der Waals surface area contributed by atoms with Crippen LogP contribution < -0.4 is 15.2 Å². The molecule has 7 rings (SSSR count). The van der Waals surface area contributed by atoms with E-state index in [1.165, 1.54) is 23.5 Å². The van der Waals surface area contributed by atoms with Gasteiger partial charge in [0.2, 0.25) is 5.88 Å². The van der Waals surface area contributed by atoms with Crippen LogP contribution in [0.2, 0.25) is 0 Å². The highest BCUT2D eigenvalue weighted by Gasteiger charge is 2.30. The van der Waals surface area contributed by atoms with E-state index < -0.39 is 11.6 Å². The van der Waals surface area contributed by atoms with Crippen molar-refractivity contribution in [3.63, 3.8) is 0 Å². The second-order valence-corrected chi connectivity index (χ2v) is 14.3. The number of ether oxygens (including phenoxy) is 3. The number of allylic oxidation sites excluding steroid dienone is 1. The van der Waals surface area contributed by atoms with Gasteiger partial charge in [0.15, 0.2) is 0 Å². The number of fused-ring (bicyclic) bond motifs is 6. The van der Waals surface area contributed by atoms with Crippen molar-refractivity contribution >= 4 is 39.6 Å². The van der Waals surface area contributed by atoms with E-state index in [1.807, 2.05) is 48.2 Å². The van der Waals surface area contributed by atoms with Gasteiger partial charge in [-0.15, -0.1) is 16.4 Å². The number of aliphatic imine (C=N–C) groups is 1. The Labute approximate surface area is 317 Å². The maximum atomic E-state index is 15.1. The first kappa shape index (κ1) is 38.5. The number of halogens is 2. The molecule has 0 saturated carbocycles. The average molecular weight is 755 g/mol. The summed E-state index contributed by atoms with van der Waals surface area (Å²) in [5, 5.41) is 7.43. The summed E-state index contributed by atoms with van der Waals surface area (Å²) >= 11 is 1.51. The smallest absolute Gasteiger partial charge is 0.233 e. The van der Waals surface area contributed by atoms with E-state index in [9.17, 15) is 4.39 Å². The Kier molecular flexibility index (Phi) is 12.0. The molecule has 0 bridgehead atoms. The van der Waals surface area contributed by atoms with Gasteiger partial charge in [-0.25, -0.2) is 8.78 Å². The van der Waals surface area contributed by atoms with Crippen LogP contribution >= 0.6 is 11.3 Å². The number of carbonyl (C=O) groups is 1. The number of nitrogens with zero attached hydrogens (tertiary/aromatic N) is 5. The molecule has 282 valence electrons. The minimum absolute atomic E-state index is 0.169. The first-order chi connectivity index (χ1) is 26.0. The van der Waals surface area contributed by atoms with Gasteiger partial charge in [-0.2, -0.15) is 0 Å². The van der Waals surface area contributed by atoms with Crippen LogP contribution in [0.4, 0.5) is 14.5 Å². The van der Waals surface area contributed by atoms with Crippen molar-refractivity contribution in [3.05, 3.63) is 100 Å². The molecule has 13 heteroatoms. The summed E-state index contributed by atoms with van der Waals surface area (Å²) in [6.07, 6.45) is 5.68. The first-order valence-corrected chi connectivity index (χ1v) is 18.5. The Balaban J connectivity index is 0.00000119. The van der Waals surface area contributed by atoms with Gasteiger partial charge in [-0.1, -0.05) is 12.7 Å². The molecule has 0 amide bonds. The number of nitrogen functional groups attached to an aromatic ring is 1. The summed E-state index contributed by atoms with van der Waals surface area (Å²) < 4.78 is 50.5. The van der Waals surface area contributed by atoms with E-state index in [0.29, 0.717) is 78.4 Å². The molecule has 54 heavy (non-hydrogen) atoms. The standard InChI is InChI=1S/C38H40F2N6O3S.C3H4O/c1-21(6-10-47-20-22(2)49-34-17-32-23(3)45(5)8-9-46(32)44-34)19-48-33-16-30(41)25(18-42-4)13-28(33)37-27-7-11-50-38(27)36-31(43-37)14-24-12-26(39)15-29(40)35(24)36;1-2-3-4/h6-7,11-13,15-18,22-23H,8-10,14,19-20,41H2,1-5H3;2-3H,1H2/b21-6+,42-18?;/t22-,23?;/m0./s1. The molecule has 2 N–H and O–H groups in total. The average Bonchev–Trinajstić information content (AvgIpc) is 3.89. The lowest BCUT2D eigenvalue weighted by atomic mass is 9.99. The van der Waals surface area contributed by atoms with Gasteiger partial charge >= 0.3 is 0 Å². The Morgan fingerprint density at radius 3 is 2.76 bits per heavy atom. The molecule has 4 heterocycles. The maximum absolute atomic E-state index is 15.1. The molecule has 1 unspecified atom stereocenters. The van der Waals surface area contributed by atoms with E-state index in [1.54, 1.807) is 19.3 Å². The van der Waals surface area contributed by atoms with Crippen LogP contribution in [0, 0.1) is 11.6 Å². The lowest BCUT2D eigenvalue weighted by molar-refractivity contribution is -0.104. The van der Waals surface area contributed by atoms with Crippen molar-refractivity contribution in [2.45, 2.75) is 45.9 Å². The summed E-state index contributed by atoms with van der Waals surface area (Å²) in [6.45, 7) is 12.1. The lowest BCUT2D eigenvalue weighted by Gasteiger charge is -2.30. The first-order valence-electron chi connectivity index (χ1n) is 17.6. The third-order valence-electron chi connectivity index (χ3n) is 9.45. The van der Waals surface area contributed by atoms with Crippen LogP contribution in [0.15, 0.2) is 71.1 Å². The molecular weight excluding hydrogens is 711 g/mol. The second-order valence-electron chi connectivity index (χ2n) is 13.4. The number of anilines is 1. The molecule has 2 aromatic carbocycles. The van der Waals surface area contributed by atoms with E-state index in [-0.39, 0.29) is 6.10 Å². The SMILES string of the molecule is C=CC=O.CN=Cc1cc(-c2nc3c(c4sccc24)-c2c(F)cc(F)cc2C3)c(OC/C(C)=C/COC[C@H](C)Oc2cc3n(n2)CCN(C)C3C)cc1N. The summed E-state index contributed by atoms with van der Waals surface area (Å²) in [5.74, 6) is 0.00500. The van der Waals surface area contributed by atoms with E-state index in [2.05, 4.69) is 35.5 Å². The zero-order chi connectivity index (χ0) is 38.5. The van der Waals surface area contributed by atoms with Crippen LogP contribution in [0.1, 0.15) is 49.3 Å². The van der Waals surface area contributed by atoms with Crippen molar-refractivity contribution in [2.24, 2.45) is 4.99 Å². The molecular formula is C41H44F2N6O4S. The number of carbonyl (C=O) groups excluding carboxylic acids is 1. The molecule has 2 atom stereocenters. The Bertz CT molecular complexity index is 2240. The number of likely N-dealkylation sites (N-methyl/N-ethyl adjacent to an activating group) is 1. The van der Waals surface area contributed by atoms with Crippen LogP contribution in [-0.2, 0) is 22.5 Å². The number of aldehydes is 1. The van der Waals surface area contributed by atoms with Crippen molar-refractivity contribution in [1.82, 2.24) is 19.7 Å². The third-order valence-corrected chi connectivity index (χ3v) is 10.4. The largest absolute Gasteiger partial charge is 0.488 e. The molecule has 1 aliphatic heterocycles. The molecule has 0 radical (unpaired) electrons. The predicted molar refractivity (Wildman–Crippen MR) is 211 cm³/mol. The fourth-order valence-corrected chi connectivity index (χ4v) is 7.60. The monoisotopic (exact) mass is 754 g/mol. The fraction of sp³-hybridized carbons (Fsp3) is 0.317. The minimum atomic E-state index is -0.596. The van der Waals surface area contributed by atoms with Gasteiger partial charge in [-0.05, 0) is 68.6 Å². The summed E-state index contributed by atoms with van der Waals surface area (Å²) in [6, 6.07) is 10.3. The number of hydrogen-bond acceptors (Lipinski definition) is 10. The summed E-state index contributed by atoms with van der Waals surface area (Å²) in [4.78, 5) is 20.6. The lowest BCUT2D eigenvalue weighted by Crippen LogP contribution is -2.33. The zero-order valence-electron chi connectivity index (χ0n) is 31.1. The molecule has 3 aromatic heterocycles. The van der Waals surface area contributed by atoms with E-state index >= 15 is 4.39 Å². The number of hydrogen-bond donors (Lipinski definition) is 1. The van der Waals surface area contributed by atoms with Crippen molar-refractivity contribution < 1.29 is 27.8 Å². The van der Waals surface area contributed by atoms with Crippen molar-refractivity contribution in [3.8, 4) is 34.0 Å². The number of rotatable bonds is 12. The molecule has 0 spiro atoms. The Morgan fingerprint density at radius 1 is 1.20 bits per heavy atom. The number of pyridine rings is 1. The molecule has 0 saturated heterocycles. The Morgan fingerprint density at radius 2 is 2.00 bits per heavy atom. The van der Waals surface area contributed by atoms with Crippen LogP contribution in [0.5, 0.6) is 11.6 Å². The predicted octanol–water partition coefficient (Wildman–Crippen LogP) is 7.83. The van der Waals surface area contributed by atoms with Gasteiger partial charge in [-0.3, -0.25) is 24.4 Å². The second kappa shape index (κ2) is 16.8. The van der Waals surface area contributed by atoms with Gasteiger partial charge in [0.25, 0.3) is 0 Å². The molecule has 1 aliphatic carbocycles. The number of thiophene rings is 1. The van der Waals surface area contributed by atoms with Gasteiger partial charge < -0.3 is 19.9 Å². The quantitative estimate of drug-likeness (QED) is 0.0336. The number of nitrogens with two attached hydrogens (primary N) is 1. The van der Waals surface area contributed by atoms with Gasteiger partial charge in [0.1, 0.15) is 36.4 Å². The van der Waals surface area contributed by atoms with Crippen LogP contribution in [-0.4, -0.2) is 78.7 Å². The minimum Gasteiger partial charge on any atom is -0.488 e. The Hall–Kier alpha value is -5.24. The van der Waals surface area contributed by atoms with E-state index in [0.717, 1.165) is 57.2 Å².